The van der Waals surface area contributed by atoms with Crippen LogP contribution in [0.25, 0.3) is 0 Å². The average Bonchev–Trinajstić information content (AvgIpc) is 2.94. The molecule has 0 amide bonds. The monoisotopic (exact) mass is 483 g/mol. The van der Waals surface area contributed by atoms with E-state index in [1.807, 2.05) is 36.4 Å². The van der Waals surface area contributed by atoms with Crippen LogP contribution >= 0.6 is 0 Å². The molecule has 1 heterocycles. The van der Waals surface area contributed by atoms with Gasteiger partial charge in [-0.2, -0.15) is 0 Å². The third-order valence-corrected chi connectivity index (χ3v) is 8.86. The van der Waals surface area contributed by atoms with Gasteiger partial charge in [-0.25, -0.2) is 0 Å². The van der Waals surface area contributed by atoms with Gasteiger partial charge in [-0.05, 0) is 91.2 Å². The lowest BCUT2D eigenvalue weighted by Gasteiger charge is -2.42. The SMILES string of the molecule is CCC(C)(C)c1ccc(C(C)CCCN2CCC(C(O)(c3ccccc3)c3ccccc3)CC2)cc1. The molecule has 2 nitrogen and oxygen atoms in total. The number of hydrogen-bond donors (Lipinski definition) is 1. The molecule has 1 aliphatic heterocycles. The van der Waals surface area contributed by atoms with Gasteiger partial charge in [-0.1, -0.05) is 113 Å². The van der Waals surface area contributed by atoms with Crippen molar-refractivity contribution in [3.8, 4) is 0 Å². The molecule has 1 N–H and O–H groups in total. The fourth-order valence-corrected chi connectivity index (χ4v) is 5.85. The van der Waals surface area contributed by atoms with E-state index in [1.54, 1.807) is 0 Å². The van der Waals surface area contributed by atoms with Crippen LogP contribution in [0, 0.1) is 5.92 Å². The zero-order valence-corrected chi connectivity index (χ0v) is 22.8. The van der Waals surface area contributed by atoms with Gasteiger partial charge in [0.15, 0.2) is 0 Å². The van der Waals surface area contributed by atoms with E-state index < -0.39 is 5.60 Å². The Bertz CT molecular complexity index is 1010. The zero-order valence-electron chi connectivity index (χ0n) is 22.8. The van der Waals surface area contributed by atoms with Gasteiger partial charge in [-0.3, -0.25) is 0 Å². The Morgan fingerprint density at radius 3 is 1.83 bits per heavy atom. The van der Waals surface area contributed by atoms with Gasteiger partial charge in [0.2, 0.25) is 0 Å². The van der Waals surface area contributed by atoms with Gasteiger partial charge in [0.1, 0.15) is 5.60 Å². The third-order valence-electron chi connectivity index (χ3n) is 8.86. The fourth-order valence-electron chi connectivity index (χ4n) is 5.85. The summed E-state index contributed by atoms with van der Waals surface area (Å²) in [6, 6.07) is 29.9. The second-order valence-electron chi connectivity index (χ2n) is 11.5. The lowest BCUT2D eigenvalue weighted by Crippen LogP contribution is -2.44. The molecule has 1 aliphatic rings. The first-order valence-electron chi connectivity index (χ1n) is 14.0. The van der Waals surface area contributed by atoms with Gasteiger partial charge in [0.05, 0.1) is 0 Å². The highest BCUT2D eigenvalue weighted by molar-refractivity contribution is 5.37. The maximum Gasteiger partial charge on any atom is 0.117 e. The molecule has 2 heteroatoms. The summed E-state index contributed by atoms with van der Waals surface area (Å²) in [4.78, 5) is 2.60. The molecule has 0 bridgehead atoms. The van der Waals surface area contributed by atoms with Crippen LogP contribution in [-0.4, -0.2) is 29.6 Å². The number of hydrogen-bond acceptors (Lipinski definition) is 2. The molecule has 0 aromatic heterocycles. The maximum absolute atomic E-state index is 12.1. The minimum absolute atomic E-state index is 0.225. The molecule has 0 saturated carbocycles. The van der Waals surface area contributed by atoms with E-state index in [9.17, 15) is 5.11 Å². The topological polar surface area (TPSA) is 23.5 Å². The Balaban J connectivity index is 1.31. The summed E-state index contributed by atoms with van der Waals surface area (Å²) < 4.78 is 0. The van der Waals surface area contributed by atoms with Crippen molar-refractivity contribution in [2.24, 2.45) is 5.92 Å². The molecule has 0 spiro atoms. The number of rotatable bonds is 10. The Morgan fingerprint density at radius 1 is 0.806 bits per heavy atom. The minimum atomic E-state index is -0.929. The summed E-state index contributed by atoms with van der Waals surface area (Å²) in [5.74, 6) is 0.811. The molecule has 1 saturated heterocycles. The first-order valence-corrected chi connectivity index (χ1v) is 14.0. The average molecular weight is 484 g/mol. The smallest absolute Gasteiger partial charge is 0.117 e. The molecule has 0 radical (unpaired) electrons. The first kappa shape index (κ1) is 26.6. The molecule has 1 unspecified atom stereocenters. The van der Waals surface area contributed by atoms with Crippen molar-refractivity contribution in [3.63, 3.8) is 0 Å². The molecular weight excluding hydrogens is 438 g/mol. The van der Waals surface area contributed by atoms with Crippen LogP contribution in [0.5, 0.6) is 0 Å². The number of piperidine rings is 1. The van der Waals surface area contributed by atoms with E-state index >= 15 is 0 Å². The van der Waals surface area contributed by atoms with Crippen LogP contribution in [0.15, 0.2) is 84.9 Å². The lowest BCUT2D eigenvalue weighted by atomic mass is 9.72. The van der Waals surface area contributed by atoms with E-state index in [0.717, 1.165) is 50.0 Å². The second-order valence-corrected chi connectivity index (χ2v) is 11.5. The molecular formula is C34H45NO. The lowest BCUT2D eigenvalue weighted by molar-refractivity contribution is -0.0143. The largest absolute Gasteiger partial charge is 0.380 e. The van der Waals surface area contributed by atoms with Crippen LogP contribution in [0.4, 0.5) is 0 Å². The van der Waals surface area contributed by atoms with Crippen LogP contribution in [0.2, 0.25) is 0 Å². The van der Waals surface area contributed by atoms with E-state index in [-0.39, 0.29) is 11.3 Å². The van der Waals surface area contributed by atoms with Crippen LogP contribution in [0.3, 0.4) is 0 Å². The molecule has 4 rings (SSSR count). The molecule has 192 valence electrons. The van der Waals surface area contributed by atoms with E-state index in [1.165, 1.54) is 24.0 Å². The summed E-state index contributed by atoms with van der Waals surface area (Å²) in [5, 5.41) is 12.1. The van der Waals surface area contributed by atoms with Gasteiger partial charge in [0, 0.05) is 0 Å². The molecule has 36 heavy (non-hydrogen) atoms. The standard InChI is InChI=1S/C34H45NO/c1-5-33(3,4)29-20-18-28(19-21-29)27(2)13-12-24-35-25-22-32(23-26-35)34(36,30-14-8-6-9-15-30)31-16-10-7-11-17-31/h6-11,14-21,27,32,36H,5,12-13,22-26H2,1-4H3. The van der Waals surface area contributed by atoms with Gasteiger partial charge in [-0.15, -0.1) is 0 Å². The van der Waals surface area contributed by atoms with Gasteiger partial charge >= 0.3 is 0 Å². The van der Waals surface area contributed by atoms with Crippen molar-refractivity contribution < 1.29 is 5.11 Å². The Hall–Kier alpha value is -2.42. The second kappa shape index (κ2) is 11.8. The summed E-state index contributed by atoms with van der Waals surface area (Å²) in [7, 11) is 0. The number of benzene rings is 3. The third kappa shape index (κ3) is 5.93. The summed E-state index contributed by atoms with van der Waals surface area (Å²) in [5.41, 5.74) is 4.24. The van der Waals surface area contributed by atoms with E-state index in [4.69, 9.17) is 0 Å². The minimum Gasteiger partial charge on any atom is -0.380 e. The predicted molar refractivity (Wildman–Crippen MR) is 152 cm³/mol. The normalized spacial score (nSPS) is 16.7. The summed E-state index contributed by atoms with van der Waals surface area (Å²) >= 11 is 0. The molecule has 0 aliphatic carbocycles. The van der Waals surface area contributed by atoms with Gasteiger partial charge < -0.3 is 10.0 Å². The highest BCUT2D eigenvalue weighted by Gasteiger charge is 2.41. The van der Waals surface area contributed by atoms with Gasteiger partial charge in [0.25, 0.3) is 0 Å². The molecule has 1 atom stereocenters. The first-order chi connectivity index (χ1) is 17.3. The number of nitrogens with zero attached hydrogens (tertiary/aromatic N) is 1. The molecule has 3 aromatic carbocycles. The summed E-state index contributed by atoms with van der Waals surface area (Å²) in [6.45, 7) is 12.6. The fraction of sp³-hybridized carbons (Fsp3) is 0.471. The molecule has 1 fully saturated rings. The van der Waals surface area contributed by atoms with E-state index in [0.29, 0.717) is 5.92 Å². The van der Waals surface area contributed by atoms with Crippen molar-refractivity contribution in [2.75, 3.05) is 19.6 Å². The number of likely N-dealkylation sites (tertiary alicyclic amines) is 1. The van der Waals surface area contributed by atoms with Crippen molar-refractivity contribution in [3.05, 3.63) is 107 Å². The number of aliphatic hydroxyl groups is 1. The highest BCUT2D eigenvalue weighted by Crippen LogP contribution is 2.42. The van der Waals surface area contributed by atoms with Crippen molar-refractivity contribution in [1.29, 1.82) is 0 Å². The van der Waals surface area contributed by atoms with Crippen molar-refractivity contribution in [2.45, 2.75) is 76.7 Å². The zero-order chi connectivity index (χ0) is 25.6. The van der Waals surface area contributed by atoms with Crippen LogP contribution < -0.4 is 0 Å². The predicted octanol–water partition coefficient (Wildman–Crippen LogP) is 7.91. The Labute approximate surface area is 219 Å². The van der Waals surface area contributed by atoms with E-state index in [2.05, 4.69) is 81.1 Å². The molecule has 3 aromatic rings. The Morgan fingerprint density at radius 2 is 1.33 bits per heavy atom. The van der Waals surface area contributed by atoms with Crippen molar-refractivity contribution >= 4 is 0 Å². The van der Waals surface area contributed by atoms with Crippen LogP contribution in [0.1, 0.15) is 88.0 Å². The Kier molecular flexibility index (Phi) is 8.70. The quantitative estimate of drug-likeness (QED) is 0.317. The maximum atomic E-state index is 12.1. The highest BCUT2D eigenvalue weighted by atomic mass is 16.3. The van der Waals surface area contributed by atoms with Crippen molar-refractivity contribution in [1.82, 2.24) is 4.90 Å². The summed E-state index contributed by atoms with van der Waals surface area (Å²) in [6.07, 6.45) is 5.63. The van der Waals surface area contributed by atoms with Crippen LogP contribution in [-0.2, 0) is 11.0 Å².